The largest absolute Gasteiger partial charge is 0.490 e. The number of ether oxygens (including phenoxy) is 4. The van der Waals surface area contributed by atoms with Crippen molar-refractivity contribution < 1.29 is 18.9 Å². The van der Waals surface area contributed by atoms with E-state index in [-0.39, 0.29) is 112 Å². The molecule has 0 aromatic heterocycles. The van der Waals surface area contributed by atoms with Crippen LogP contribution in [0.2, 0.25) is 0 Å². The number of rotatable bonds is 8. The van der Waals surface area contributed by atoms with Crippen LogP contribution in [-0.4, -0.2) is 24.4 Å². The normalized spacial score (nSPS) is 11.2. The maximum atomic E-state index is 14.7. The van der Waals surface area contributed by atoms with Gasteiger partial charge in [0, 0.05) is 21.5 Å². The van der Waals surface area contributed by atoms with Crippen molar-refractivity contribution in [1.29, 1.82) is 0 Å². The van der Waals surface area contributed by atoms with Gasteiger partial charge >= 0.3 is 0 Å². The fraction of sp³-hybridized carbons (Fsp3) is 0.250. The summed E-state index contributed by atoms with van der Waals surface area (Å²) in [6.45, 7) is 14.6. The third-order valence-corrected chi connectivity index (χ3v) is 8.85. The molecule has 4 bridgehead atoms. The van der Waals surface area contributed by atoms with Gasteiger partial charge in [-0.05, 0) is 128 Å². The molecule has 0 aliphatic heterocycles. The standard InChI is InChI=1S/C48H36O8/c1-25(2)53-33-21-17-29-13-9-10-15-31-19-23-35(55-27(5)6)43-39(31)46(50)40-32(20-24-36(56-28(7)8)44(40)48(43)52)16-12-11-14-30-18-22-34(54-26(3)4)42-38(30)45(49)37(29)41(33)47(42)51/h17-28H,1-8H3. The first-order valence-corrected chi connectivity index (χ1v) is 18.3. The lowest BCUT2D eigenvalue weighted by Gasteiger charge is -2.15. The lowest BCUT2D eigenvalue weighted by Crippen LogP contribution is -2.18. The molecular formula is C48H36O8. The van der Waals surface area contributed by atoms with Crippen molar-refractivity contribution in [2.45, 2.75) is 79.8 Å². The minimum atomic E-state index is -0.479. The summed E-state index contributed by atoms with van der Waals surface area (Å²) in [6.07, 6.45) is -1.22. The Labute approximate surface area is 323 Å². The average molecular weight is 741 g/mol. The zero-order chi connectivity index (χ0) is 40.0. The lowest BCUT2D eigenvalue weighted by molar-refractivity contribution is 0.244. The molecule has 7 aromatic carbocycles. The minimum Gasteiger partial charge on any atom is -0.490 e. The summed E-state index contributed by atoms with van der Waals surface area (Å²) < 4.78 is 24.2. The molecule has 0 unspecified atom stereocenters. The second-order valence-electron chi connectivity index (χ2n) is 14.4. The number of benzene rings is 6. The van der Waals surface area contributed by atoms with Crippen LogP contribution in [0, 0.1) is 48.5 Å². The van der Waals surface area contributed by atoms with Crippen molar-refractivity contribution in [3.8, 4) is 23.0 Å². The molecule has 0 fully saturated rings. The van der Waals surface area contributed by atoms with E-state index in [2.05, 4.69) is 48.5 Å². The molecule has 0 aliphatic carbocycles. The maximum Gasteiger partial charge on any atom is 0.202 e. The van der Waals surface area contributed by atoms with Crippen LogP contribution < -0.4 is 40.7 Å². The van der Waals surface area contributed by atoms with Gasteiger partial charge in [-0.1, -0.05) is 24.3 Å². The first-order valence-electron chi connectivity index (χ1n) is 18.3. The molecular weight excluding hydrogens is 705 g/mol. The molecule has 0 radical (unpaired) electrons. The smallest absolute Gasteiger partial charge is 0.202 e. The second-order valence-corrected chi connectivity index (χ2v) is 14.4. The van der Waals surface area contributed by atoms with Crippen molar-refractivity contribution in [2.24, 2.45) is 0 Å². The highest BCUT2D eigenvalue weighted by molar-refractivity contribution is 6.14. The number of hydrogen-bond donors (Lipinski definition) is 0. The molecule has 0 amide bonds. The van der Waals surface area contributed by atoms with Crippen molar-refractivity contribution in [3.05, 3.63) is 138 Å². The van der Waals surface area contributed by atoms with E-state index >= 15 is 0 Å². The van der Waals surface area contributed by atoms with Gasteiger partial charge < -0.3 is 18.9 Å². The SMILES string of the molecule is CC(C)Oc1ccc2c#cc#cc3ccc(OC(C)C)c4c(=O)c5c(OC(C)C)ccc(c#cc#cc6ccc(OC(C)C)c7c(=O)c1c2c(=O)c67)c5c(=O)c34. The highest BCUT2D eigenvalue weighted by Crippen LogP contribution is 2.33. The monoisotopic (exact) mass is 740 g/mol. The van der Waals surface area contributed by atoms with Gasteiger partial charge in [0.1, 0.15) is 23.0 Å². The van der Waals surface area contributed by atoms with Gasteiger partial charge in [0.25, 0.3) is 0 Å². The average Bonchev–Trinajstić information content (AvgIpc) is 3.13. The Balaban J connectivity index is 1.70. The highest BCUT2D eigenvalue weighted by atomic mass is 16.5. The predicted molar refractivity (Wildman–Crippen MR) is 219 cm³/mol. The zero-order valence-electron chi connectivity index (χ0n) is 32.2. The number of hydrogen-bond acceptors (Lipinski definition) is 8. The summed E-state index contributed by atoms with van der Waals surface area (Å²) in [5, 5.41) is 1.47. The third kappa shape index (κ3) is 6.57. The molecule has 0 N–H and O–H groups in total. The quantitative estimate of drug-likeness (QED) is 0.144. The summed E-state index contributed by atoms with van der Waals surface area (Å²) >= 11 is 0. The fourth-order valence-electron chi connectivity index (χ4n) is 6.90. The van der Waals surface area contributed by atoms with Crippen molar-refractivity contribution in [3.63, 3.8) is 0 Å². The first-order chi connectivity index (χ1) is 26.8. The van der Waals surface area contributed by atoms with E-state index in [0.717, 1.165) is 0 Å². The van der Waals surface area contributed by atoms with Crippen LogP contribution >= 0.6 is 0 Å². The molecule has 0 heterocycles. The highest BCUT2D eigenvalue weighted by Gasteiger charge is 2.23. The Bertz CT molecular complexity index is 2630. The molecule has 8 heteroatoms. The van der Waals surface area contributed by atoms with Crippen LogP contribution in [0.15, 0.2) is 67.7 Å². The van der Waals surface area contributed by atoms with E-state index in [1.807, 2.05) is 55.4 Å². The topological polar surface area (TPSA) is 105 Å². The van der Waals surface area contributed by atoms with Gasteiger partial charge in [0.2, 0.25) is 10.9 Å². The van der Waals surface area contributed by atoms with Crippen LogP contribution in [0.3, 0.4) is 0 Å². The third-order valence-electron chi connectivity index (χ3n) is 8.85. The molecule has 56 heavy (non-hydrogen) atoms. The molecule has 7 aromatic rings. The molecule has 0 spiro atoms. The van der Waals surface area contributed by atoms with E-state index in [9.17, 15) is 19.2 Å². The van der Waals surface area contributed by atoms with Crippen LogP contribution in [0.4, 0.5) is 0 Å². The maximum absolute atomic E-state index is 14.7. The van der Waals surface area contributed by atoms with E-state index in [1.165, 1.54) is 0 Å². The summed E-state index contributed by atoms with van der Waals surface area (Å²) in [5.74, 6) is 0.923. The first kappa shape index (κ1) is 37.3. The van der Waals surface area contributed by atoms with Gasteiger partial charge in [0.15, 0.2) is 10.9 Å². The van der Waals surface area contributed by atoms with Crippen molar-refractivity contribution >= 4 is 64.6 Å². The molecule has 0 aliphatic rings. The Kier molecular flexibility index (Phi) is 9.78. The summed E-state index contributed by atoms with van der Waals surface area (Å²) in [4.78, 5) is 58.5. The van der Waals surface area contributed by atoms with Crippen molar-refractivity contribution in [1.82, 2.24) is 0 Å². The Morgan fingerprint density at radius 2 is 0.518 bits per heavy atom. The zero-order valence-corrected chi connectivity index (χ0v) is 32.2. The van der Waals surface area contributed by atoms with Gasteiger partial charge in [-0.2, -0.15) is 0 Å². The Morgan fingerprint density at radius 3 is 0.714 bits per heavy atom. The molecule has 276 valence electrons. The molecule has 8 nitrogen and oxygen atoms in total. The fourth-order valence-corrected chi connectivity index (χ4v) is 6.90. The van der Waals surface area contributed by atoms with E-state index < -0.39 is 21.7 Å². The molecule has 0 saturated heterocycles. The van der Waals surface area contributed by atoms with Gasteiger partial charge in [-0.3, -0.25) is 19.2 Å². The van der Waals surface area contributed by atoms with E-state index in [1.54, 1.807) is 48.5 Å². The van der Waals surface area contributed by atoms with Crippen LogP contribution in [-0.2, 0) is 0 Å². The van der Waals surface area contributed by atoms with E-state index in [4.69, 9.17) is 18.9 Å². The van der Waals surface area contributed by atoms with Crippen LogP contribution in [0.25, 0.3) is 64.6 Å². The van der Waals surface area contributed by atoms with Gasteiger partial charge in [-0.15, -0.1) is 0 Å². The predicted octanol–water partition coefficient (Wildman–Crippen LogP) is 8.16. The summed E-state index contributed by atoms with van der Waals surface area (Å²) in [7, 11) is 0. The van der Waals surface area contributed by atoms with Gasteiger partial charge in [-0.25, -0.2) is 0 Å². The second kappa shape index (κ2) is 14.7. The molecule has 7 rings (SSSR count). The lowest BCUT2D eigenvalue weighted by atomic mass is 9.97. The summed E-state index contributed by atoms with van der Waals surface area (Å²) in [5.41, 5.74) is -1.89. The molecule has 0 atom stereocenters. The van der Waals surface area contributed by atoms with Gasteiger partial charge in [0.05, 0.1) is 67.5 Å². The van der Waals surface area contributed by atoms with Crippen LogP contribution in [0.5, 0.6) is 23.0 Å². The molecule has 0 saturated carbocycles. The van der Waals surface area contributed by atoms with Crippen LogP contribution in [0.1, 0.15) is 55.4 Å². The minimum absolute atomic E-state index is 0.0566. The van der Waals surface area contributed by atoms with Crippen molar-refractivity contribution in [2.75, 3.05) is 0 Å². The summed E-state index contributed by atoms with van der Waals surface area (Å²) in [6, 6.07) is 36.0. The Morgan fingerprint density at radius 1 is 0.321 bits per heavy atom. The Hall–Kier alpha value is -7.00. The van der Waals surface area contributed by atoms with E-state index in [0.29, 0.717) is 0 Å².